The van der Waals surface area contributed by atoms with E-state index in [0.717, 1.165) is 58.5 Å². The molecule has 0 radical (unpaired) electrons. The molecule has 0 aromatic rings. The van der Waals surface area contributed by atoms with Crippen molar-refractivity contribution < 1.29 is 57.6 Å². The van der Waals surface area contributed by atoms with Crippen molar-refractivity contribution in [2.75, 3.05) is 14.2 Å². The summed E-state index contributed by atoms with van der Waals surface area (Å²) in [5.74, 6) is -1.77. The number of hydrogen-bond donors (Lipinski definition) is 1. The Morgan fingerprint density at radius 1 is 0.692 bits per heavy atom. The summed E-state index contributed by atoms with van der Waals surface area (Å²) in [5, 5.41) is 27.8. The van der Waals surface area contributed by atoms with Crippen LogP contribution in [0.2, 0.25) is 0 Å². The third-order valence-electron chi connectivity index (χ3n) is 22.5. The van der Waals surface area contributed by atoms with Gasteiger partial charge in [-0.1, -0.05) is 35.1 Å². The summed E-state index contributed by atoms with van der Waals surface area (Å²) in [5.41, 5.74) is -5.29. The van der Waals surface area contributed by atoms with Gasteiger partial charge in [0.2, 0.25) is 0 Å². The maximum absolute atomic E-state index is 13.7. The number of ketones is 3. The molecular weight excluding hydrogens is 833 g/mol. The number of epoxide rings is 2. The largest absolute Gasteiger partial charge is 0.469 e. The molecule has 4 aliphatic heterocycles. The number of esters is 3. The van der Waals surface area contributed by atoms with Crippen LogP contribution >= 0.6 is 0 Å². The highest BCUT2D eigenvalue weighted by Crippen LogP contribution is 2.84. The van der Waals surface area contributed by atoms with Gasteiger partial charge in [0, 0.05) is 78.6 Å². The van der Waals surface area contributed by atoms with Gasteiger partial charge >= 0.3 is 17.9 Å². The summed E-state index contributed by atoms with van der Waals surface area (Å²) in [6, 6.07) is 5.06. The first-order valence-corrected chi connectivity index (χ1v) is 24.0. The van der Waals surface area contributed by atoms with E-state index in [1.807, 2.05) is 0 Å². The van der Waals surface area contributed by atoms with E-state index in [0.29, 0.717) is 51.4 Å². The molecule has 65 heavy (non-hydrogen) atoms. The third kappa shape index (κ3) is 4.67. The maximum Gasteiger partial charge on any atom is 0.309 e. The molecule has 9 aliphatic carbocycles. The summed E-state index contributed by atoms with van der Waals surface area (Å²) in [6.45, 7) is 8.74. The highest BCUT2D eigenvalue weighted by atomic mass is 16.6. The van der Waals surface area contributed by atoms with Gasteiger partial charge in [-0.15, -0.1) is 0 Å². The van der Waals surface area contributed by atoms with E-state index >= 15 is 0 Å². The number of carbonyl (C=O) groups excluding carboxylic acids is 6. The van der Waals surface area contributed by atoms with Crippen molar-refractivity contribution in [3.05, 3.63) is 0 Å². The van der Waals surface area contributed by atoms with Crippen molar-refractivity contribution in [3.63, 3.8) is 0 Å². The molecular formula is C51H66N2O12. The molecule has 19 atom stereocenters. The second kappa shape index (κ2) is 13.5. The van der Waals surface area contributed by atoms with Crippen LogP contribution in [0.1, 0.15) is 144 Å². The van der Waals surface area contributed by atoms with E-state index in [4.69, 9.17) is 28.8 Å². The van der Waals surface area contributed by atoms with Crippen LogP contribution in [0.25, 0.3) is 0 Å². The van der Waals surface area contributed by atoms with Crippen LogP contribution in [-0.4, -0.2) is 89.2 Å². The number of ether oxygens (including phenoxy) is 5. The summed E-state index contributed by atoms with van der Waals surface area (Å²) in [7, 11) is 2.40. The van der Waals surface area contributed by atoms with Crippen molar-refractivity contribution in [1.29, 1.82) is 10.5 Å². The number of nitriles is 2. The number of hydrogen-bond acceptors (Lipinski definition) is 14. The first kappa shape index (κ1) is 45.1. The molecule has 13 rings (SSSR count). The predicted molar refractivity (Wildman–Crippen MR) is 226 cm³/mol. The van der Waals surface area contributed by atoms with E-state index in [2.05, 4.69) is 39.8 Å². The minimum Gasteiger partial charge on any atom is -0.469 e. The quantitative estimate of drug-likeness (QED) is 0.136. The summed E-state index contributed by atoms with van der Waals surface area (Å²) >= 11 is 0. The lowest BCUT2D eigenvalue weighted by Gasteiger charge is -2.63. The van der Waals surface area contributed by atoms with Crippen molar-refractivity contribution >= 4 is 35.3 Å². The molecule has 4 saturated heterocycles. The fourth-order valence-corrected chi connectivity index (χ4v) is 19.5. The summed E-state index contributed by atoms with van der Waals surface area (Å²) in [4.78, 5) is 76.6. The van der Waals surface area contributed by atoms with Crippen LogP contribution < -0.4 is 0 Å². The minimum absolute atomic E-state index is 0. The van der Waals surface area contributed by atoms with Crippen LogP contribution in [0.15, 0.2) is 0 Å². The van der Waals surface area contributed by atoms with Gasteiger partial charge in [-0.05, 0) is 88.9 Å². The molecule has 1 N–H and O–H groups in total. The van der Waals surface area contributed by atoms with E-state index in [1.54, 1.807) is 0 Å². The van der Waals surface area contributed by atoms with Gasteiger partial charge in [0.05, 0.1) is 54.1 Å². The summed E-state index contributed by atoms with van der Waals surface area (Å²) < 4.78 is 30.6. The molecule has 6 unspecified atom stereocenters. The highest BCUT2D eigenvalue weighted by molar-refractivity contribution is 6.08. The van der Waals surface area contributed by atoms with Gasteiger partial charge in [-0.2, -0.15) is 10.5 Å². The third-order valence-corrected chi connectivity index (χ3v) is 22.5. The Balaban J connectivity index is 0.000000146. The average Bonchev–Trinajstić information content (AvgIpc) is 3.89. The van der Waals surface area contributed by atoms with Crippen LogP contribution in [0.3, 0.4) is 0 Å². The topological polar surface area (TPSA) is 223 Å². The monoisotopic (exact) mass is 898 g/mol. The average molecular weight is 899 g/mol. The molecule has 4 heterocycles. The van der Waals surface area contributed by atoms with Gasteiger partial charge in [-0.25, -0.2) is 0 Å². The molecule has 352 valence electrons. The van der Waals surface area contributed by atoms with Gasteiger partial charge < -0.3 is 28.8 Å². The van der Waals surface area contributed by atoms with Crippen molar-refractivity contribution in [2.24, 2.45) is 73.9 Å². The molecule has 9 saturated carbocycles. The Bertz CT molecular complexity index is 2300. The molecule has 14 heteroatoms. The number of methoxy groups -OCH3 is 1. The fourth-order valence-electron chi connectivity index (χ4n) is 19.5. The van der Waals surface area contributed by atoms with Crippen LogP contribution in [0.4, 0.5) is 0 Å². The van der Waals surface area contributed by atoms with Crippen molar-refractivity contribution in [1.82, 2.24) is 0 Å². The number of Topliss-reactive ketones (excluding diaryl/α,β-unsaturated/α-hetero) is 3. The van der Waals surface area contributed by atoms with Crippen LogP contribution in [-0.2, 0) is 52.5 Å². The molecule has 2 bridgehead atoms. The second-order valence-electron chi connectivity index (χ2n) is 23.4. The van der Waals surface area contributed by atoms with E-state index in [1.165, 1.54) is 7.11 Å². The zero-order valence-corrected chi connectivity index (χ0v) is 38.0. The lowest BCUT2D eigenvalue weighted by Crippen LogP contribution is -2.68. The lowest BCUT2D eigenvalue weighted by atomic mass is 9.37. The zero-order valence-electron chi connectivity index (χ0n) is 38.0. The number of rotatable bonds is 1. The SMILES string of the molecule is C.CO.COC(=O)[C@@H]1C[C@]2(C#N)CC(=O)CC[C@]2(C)[C@@]23O[C@@H]2C[C@@]2(C)C(CC[C@@]24CCC(=O)O4)C13.C[C@]12CCC(=O)C3C(=O)C(C[C@]31C#N)C1C3CC[C@@]4(CCC(=O)O4)[C@@]3(C)C[C@H]3O[C@@]132. The standard InChI is InChI=1S/C25H31NO6.C24H27NO5.CH4O.CH4/c1-21-12-17-25(31-17)19(16(21)5-8-24(21)9-6-18(28)32-24)15(20(29)30-3)11-23(13-26)10-14(27)4-7-22(23,25)2;1-20-10-15-24(29-15)17(13(20)3-7-23(20)8-5-16(27)30-23)12-9-22(11-25)18(19(12)28)14(26)4-6-21(22,24)2;1-2;/h15-17,19H,4-12H2,1-3H3;12-13,15,17-18H,3-10H2,1-2H3;2H,1H3;1H4/t15-,16?,17-,19?,21+,22+,23+,24-,25-;12?,13?,15-,17?,18?,20+,21+,22+,23-,24-;;/m11../s1. The second-order valence-corrected chi connectivity index (χ2v) is 23.4. The number of nitrogens with zero attached hydrogens (tertiary/aromatic N) is 2. The number of aliphatic hydroxyl groups excluding tert-OH is 1. The van der Waals surface area contributed by atoms with Gasteiger partial charge in [0.1, 0.15) is 39.8 Å². The molecule has 13 fully saturated rings. The fraction of sp³-hybridized carbons (Fsp3) is 0.843. The molecule has 0 aromatic carbocycles. The Hall–Kier alpha value is -3.72. The first-order valence-electron chi connectivity index (χ1n) is 24.0. The lowest BCUT2D eigenvalue weighted by molar-refractivity contribution is -0.193. The normalized spacial score (nSPS) is 55.8. The zero-order chi connectivity index (χ0) is 45.6. The van der Waals surface area contributed by atoms with E-state index in [9.17, 15) is 39.3 Å². The first-order chi connectivity index (χ1) is 30.3. The summed E-state index contributed by atoms with van der Waals surface area (Å²) in [6.07, 6.45) is 10.4. The number of carbonyl (C=O) groups is 6. The molecule has 14 nitrogen and oxygen atoms in total. The van der Waals surface area contributed by atoms with Gasteiger partial charge in [-0.3, -0.25) is 28.8 Å². The molecule has 0 amide bonds. The smallest absolute Gasteiger partial charge is 0.309 e. The Morgan fingerprint density at radius 3 is 1.74 bits per heavy atom. The predicted octanol–water partition coefficient (Wildman–Crippen LogP) is 6.08. The van der Waals surface area contributed by atoms with Crippen LogP contribution in [0.5, 0.6) is 0 Å². The molecule has 0 aromatic heterocycles. The number of fused-ring (bicyclic) bond motifs is 9. The Kier molecular flexibility index (Phi) is 9.36. The molecule has 13 aliphatic rings. The Morgan fingerprint density at radius 2 is 1.23 bits per heavy atom. The maximum atomic E-state index is 13.7. The Labute approximate surface area is 381 Å². The van der Waals surface area contributed by atoms with Crippen molar-refractivity contribution in [2.45, 2.75) is 179 Å². The van der Waals surface area contributed by atoms with Gasteiger partial charge in [0.25, 0.3) is 0 Å². The van der Waals surface area contributed by atoms with E-state index in [-0.39, 0.29) is 102 Å². The van der Waals surface area contributed by atoms with Crippen LogP contribution in [0, 0.1) is 96.6 Å². The van der Waals surface area contributed by atoms with Gasteiger partial charge in [0.15, 0.2) is 0 Å². The van der Waals surface area contributed by atoms with E-state index < -0.39 is 55.9 Å². The molecule has 4 spiro atoms. The van der Waals surface area contributed by atoms with Crippen molar-refractivity contribution in [3.8, 4) is 12.1 Å². The minimum atomic E-state index is -0.920. The number of aliphatic hydroxyl groups is 1. The highest BCUT2D eigenvalue weighted by Gasteiger charge is 2.91.